The van der Waals surface area contributed by atoms with E-state index in [1.54, 1.807) is 7.11 Å². The number of hydrogen-bond acceptors (Lipinski definition) is 2. The molecule has 0 spiro atoms. The molecular weight excluding hydrogens is 705 g/mol. The third-order valence-corrected chi connectivity index (χ3v) is 11.4. The normalized spacial score (nSPS) is 11.3. The van der Waals surface area contributed by atoms with E-state index < -0.39 is 0 Å². The van der Waals surface area contributed by atoms with Crippen LogP contribution in [0.2, 0.25) is 0 Å². The van der Waals surface area contributed by atoms with Crippen LogP contribution in [0.25, 0.3) is 99.1 Å². The number of rotatable bonds is 8. The molecule has 0 heterocycles. The lowest BCUT2D eigenvalue weighted by Crippen LogP contribution is -1.90. The standard InChI is InChI=1S/C56H40O2/c1-58-50-23-19-40(20-24-50)48-31-47(39-13-6-3-7-14-39)32-49(33-48)44-22-26-54-53-25-21-43(34-55(53)51-17-8-9-18-52(51)56(54)35-44)46-28-37(36-57)27-45(30-46)42-16-10-15-41(29-42)38-11-4-2-5-12-38/h2-35,57H,36H2,1H3. The summed E-state index contributed by atoms with van der Waals surface area (Å²) in [4.78, 5) is 0. The number of ether oxygens (including phenoxy) is 1. The molecule has 276 valence electrons. The smallest absolute Gasteiger partial charge is 0.118 e. The third-order valence-electron chi connectivity index (χ3n) is 11.4. The molecular formula is C56H40O2. The maximum absolute atomic E-state index is 10.4. The quantitative estimate of drug-likeness (QED) is 0.157. The SMILES string of the molecule is COc1ccc(-c2cc(-c3ccccc3)cc(-c3ccc4c5ccc(-c6cc(CO)cc(-c7cccc(-c8ccccc8)c7)c6)cc5c5ccccc5c4c3)c2)cc1. The Labute approximate surface area is 338 Å². The van der Waals surface area contributed by atoms with Crippen LogP contribution in [0.4, 0.5) is 0 Å². The molecule has 58 heavy (non-hydrogen) atoms. The van der Waals surface area contributed by atoms with Gasteiger partial charge in [0.05, 0.1) is 13.7 Å². The Morgan fingerprint density at radius 2 is 0.638 bits per heavy atom. The van der Waals surface area contributed by atoms with Crippen LogP contribution < -0.4 is 4.74 Å². The molecule has 0 radical (unpaired) electrons. The highest BCUT2D eigenvalue weighted by atomic mass is 16.5. The number of fused-ring (bicyclic) bond motifs is 6. The fourth-order valence-electron chi connectivity index (χ4n) is 8.48. The first kappa shape index (κ1) is 35.2. The molecule has 0 saturated carbocycles. The molecule has 0 aliphatic rings. The molecule has 0 aliphatic heterocycles. The molecule has 0 fully saturated rings. The first-order chi connectivity index (χ1) is 28.6. The Kier molecular flexibility index (Phi) is 9.10. The Hall–Kier alpha value is -7.26. The second kappa shape index (κ2) is 15.0. The Morgan fingerprint density at radius 1 is 0.293 bits per heavy atom. The van der Waals surface area contributed by atoms with Gasteiger partial charge in [-0.1, -0.05) is 140 Å². The molecule has 2 heteroatoms. The number of aliphatic hydroxyl groups is 1. The lowest BCUT2D eigenvalue weighted by molar-refractivity contribution is 0.282. The number of hydrogen-bond donors (Lipinski definition) is 1. The van der Waals surface area contributed by atoms with Gasteiger partial charge in [0.15, 0.2) is 0 Å². The second-order valence-electron chi connectivity index (χ2n) is 15.0. The van der Waals surface area contributed by atoms with Gasteiger partial charge >= 0.3 is 0 Å². The van der Waals surface area contributed by atoms with Crippen molar-refractivity contribution in [2.24, 2.45) is 0 Å². The van der Waals surface area contributed by atoms with Crippen LogP contribution in [0.3, 0.4) is 0 Å². The minimum Gasteiger partial charge on any atom is -0.497 e. The van der Waals surface area contributed by atoms with E-state index in [1.807, 2.05) is 18.2 Å². The number of benzene rings is 10. The van der Waals surface area contributed by atoms with Gasteiger partial charge in [0.1, 0.15) is 5.75 Å². The van der Waals surface area contributed by atoms with Gasteiger partial charge in [-0.2, -0.15) is 0 Å². The highest BCUT2D eigenvalue weighted by Crippen LogP contribution is 2.41. The average Bonchev–Trinajstić information content (AvgIpc) is 3.31. The molecule has 0 bridgehead atoms. The average molecular weight is 745 g/mol. The van der Waals surface area contributed by atoms with Gasteiger partial charge in [0.25, 0.3) is 0 Å². The zero-order valence-corrected chi connectivity index (χ0v) is 32.2. The molecule has 0 aliphatic carbocycles. The summed E-state index contributed by atoms with van der Waals surface area (Å²) in [5, 5.41) is 17.7. The molecule has 0 amide bonds. The summed E-state index contributed by atoms with van der Waals surface area (Å²) in [5.74, 6) is 0.845. The van der Waals surface area contributed by atoms with Crippen molar-refractivity contribution in [1.82, 2.24) is 0 Å². The molecule has 2 nitrogen and oxygen atoms in total. The molecule has 10 aromatic carbocycles. The second-order valence-corrected chi connectivity index (χ2v) is 15.0. The Balaban J connectivity index is 1.10. The van der Waals surface area contributed by atoms with E-state index in [0.29, 0.717) is 0 Å². The summed E-state index contributed by atoms with van der Waals surface area (Å²) in [7, 11) is 1.70. The fraction of sp³-hybridized carbons (Fsp3) is 0.0357. The van der Waals surface area contributed by atoms with Gasteiger partial charge in [0.2, 0.25) is 0 Å². The van der Waals surface area contributed by atoms with Gasteiger partial charge in [-0.15, -0.1) is 0 Å². The van der Waals surface area contributed by atoms with Crippen LogP contribution in [-0.2, 0) is 6.61 Å². The van der Waals surface area contributed by atoms with E-state index in [-0.39, 0.29) is 6.61 Å². The maximum atomic E-state index is 10.4. The van der Waals surface area contributed by atoms with Crippen LogP contribution >= 0.6 is 0 Å². The first-order valence-electron chi connectivity index (χ1n) is 19.8. The predicted octanol–water partition coefficient (Wildman–Crippen LogP) is 14.6. The van der Waals surface area contributed by atoms with E-state index in [9.17, 15) is 5.11 Å². The van der Waals surface area contributed by atoms with Gasteiger partial charge < -0.3 is 9.84 Å². The van der Waals surface area contributed by atoms with Crippen molar-refractivity contribution in [2.75, 3.05) is 7.11 Å². The van der Waals surface area contributed by atoms with Gasteiger partial charge in [-0.25, -0.2) is 0 Å². The largest absolute Gasteiger partial charge is 0.497 e. The van der Waals surface area contributed by atoms with E-state index in [1.165, 1.54) is 65.7 Å². The lowest BCUT2D eigenvalue weighted by atomic mass is 9.88. The Bertz CT molecular complexity index is 3090. The van der Waals surface area contributed by atoms with E-state index in [4.69, 9.17) is 4.74 Å². The molecule has 0 atom stereocenters. The Morgan fingerprint density at radius 3 is 1.14 bits per heavy atom. The van der Waals surface area contributed by atoms with Crippen molar-refractivity contribution in [3.05, 3.63) is 212 Å². The monoisotopic (exact) mass is 744 g/mol. The van der Waals surface area contributed by atoms with Gasteiger partial charge in [-0.05, 0) is 171 Å². The van der Waals surface area contributed by atoms with Crippen molar-refractivity contribution < 1.29 is 9.84 Å². The molecule has 10 aromatic rings. The number of methoxy groups -OCH3 is 1. The minimum atomic E-state index is -0.0292. The summed E-state index contributed by atoms with van der Waals surface area (Å²) in [6.07, 6.45) is 0. The van der Waals surface area contributed by atoms with Crippen molar-refractivity contribution in [1.29, 1.82) is 0 Å². The zero-order valence-electron chi connectivity index (χ0n) is 32.2. The van der Waals surface area contributed by atoms with Crippen molar-refractivity contribution >= 4 is 32.3 Å². The highest BCUT2D eigenvalue weighted by molar-refractivity contribution is 6.26. The van der Waals surface area contributed by atoms with Crippen LogP contribution in [-0.4, -0.2) is 12.2 Å². The maximum Gasteiger partial charge on any atom is 0.118 e. The van der Waals surface area contributed by atoms with Crippen LogP contribution in [0.15, 0.2) is 206 Å². The highest BCUT2D eigenvalue weighted by Gasteiger charge is 2.14. The summed E-state index contributed by atoms with van der Waals surface area (Å²) >= 11 is 0. The molecule has 0 saturated heterocycles. The molecule has 0 aromatic heterocycles. The number of aliphatic hydroxyl groups excluding tert-OH is 1. The van der Waals surface area contributed by atoms with E-state index in [0.717, 1.165) is 44.7 Å². The lowest BCUT2D eigenvalue weighted by Gasteiger charge is -2.15. The van der Waals surface area contributed by atoms with Crippen molar-refractivity contribution in [3.63, 3.8) is 0 Å². The molecule has 1 N–H and O–H groups in total. The van der Waals surface area contributed by atoms with Crippen molar-refractivity contribution in [2.45, 2.75) is 6.61 Å². The summed E-state index contributed by atoms with van der Waals surface area (Å²) in [5.41, 5.74) is 14.7. The van der Waals surface area contributed by atoms with E-state index in [2.05, 4.69) is 188 Å². The third kappa shape index (κ3) is 6.60. The minimum absolute atomic E-state index is 0.0292. The van der Waals surface area contributed by atoms with Gasteiger partial charge in [0, 0.05) is 0 Å². The van der Waals surface area contributed by atoms with Gasteiger partial charge in [-0.3, -0.25) is 0 Å². The van der Waals surface area contributed by atoms with E-state index >= 15 is 0 Å². The fourth-order valence-corrected chi connectivity index (χ4v) is 8.48. The van der Waals surface area contributed by atoms with Crippen molar-refractivity contribution in [3.8, 4) is 72.5 Å². The summed E-state index contributed by atoms with van der Waals surface area (Å²) in [6.45, 7) is -0.0292. The zero-order chi connectivity index (χ0) is 39.0. The first-order valence-corrected chi connectivity index (χ1v) is 19.8. The summed E-state index contributed by atoms with van der Waals surface area (Å²) < 4.78 is 5.46. The van der Waals surface area contributed by atoms with Crippen LogP contribution in [0.5, 0.6) is 5.75 Å². The molecule has 0 unspecified atom stereocenters. The summed E-state index contributed by atoms with van der Waals surface area (Å²) in [6, 6.07) is 74.0. The van der Waals surface area contributed by atoms with Crippen LogP contribution in [0, 0.1) is 0 Å². The topological polar surface area (TPSA) is 29.5 Å². The predicted molar refractivity (Wildman–Crippen MR) is 244 cm³/mol. The van der Waals surface area contributed by atoms with Crippen LogP contribution in [0.1, 0.15) is 5.56 Å². The molecule has 10 rings (SSSR count).